The number of amides is 1. The number of nitrogens with zero attached hydrogens (tertiary/aromatic N) is 11. The van der Waals surface area contributed by atoms with E-state index >= 15 is 0 Å². The fourth-order valence-corrected chi connectivity index (χ4v) is 19.0. The first kappa shape index (κ1) is 105. The minimum atomic E-state index is -1.16. The van der Waals surface area contributed by atoms with Gasteiger partial charge in [-0.25, -0.2) is 28.4 Å². The first-order chi connectivity index (χ1) is 61.1. The summed E-state index contributed by atoms with van der Waals surface area (Å²) < 4.78 is 79.9. The number of azide groups is 2. The second-order valence-corrected chi connectivity index (χ2v) is 44.4. The van der Waals surface area contributed by atoms with Gasteiger partial charge in [-0.1, -0.05) is 194 Å². The number of benzene rings is 4. The van der Waals surface area contributed by atoms with E-state index < -0.39 is 22.0 Å². The Kier molecular flexibility index (Phi) is 43.7. The average Bonchev–Trinajstić information content (AvgIpc) is 1.65. The molecule has 3 saturated carbocycles. The Balaban J connectivity index is 0.000000188. The van der Waals surface area contributed by atoms with E-state index in [1.165, 1.54) is 70.4 Å². The van der Waals surface area contributed by atoms with Gasteiger partial charge in [0.2, 0.25) is 0 Å². The number of ether oxygens (including phenoxy) is 9. The Morgan fingerprint density at radius 3 is 1.34 bits per heavy atom. The predicted octanol–water partition coefficient (Wildman–Crippen LogP) is 23.0. The van der Waals surface area contributed by atoms with Crippen LogP contribution in [0, 0.1) is 34.7 Å². The Labute approximate surface area is 780 Å². The Morgan fingerprint density at radius 2 is 0.938 bits per heavy atom. The van der Waals surface area contributed by atoms with Gasteiger partial charge in [0, 0.05) is 57.3 Å². The van der Waals surface area contributed by atoms with Gasteiger partial charge in [-0.2, -0.15) is 0 Å². The topological polar surface area (TPSA) is 313 Å². The average molecular weight is 1920 g/mol. The molecule has 8 fully saturated rings. The number of carbonyl (C=O) groups is 3. The van der Waals surface area contributed by atoms with Crippen molar-refractivity contribution in [3.8, 4) is 0 Å². The van der Waals surface area contributed by atoms with Crippen LogP contribution < -0.4 is 0 Å². The first-order valence-electron chi connectivity index (χ1n) is 46.1. The molecule has 18 unspecified atom stereocenters. The summed E-state index contributed by atoms with van der Waals surface area (Å²) in [6.07, 6.45) is 36.7. The van der Waals surface area contributed by atoms with E-state index in [-0.39, 0.29) is 107 Å². The van der Waals surface area contributed by atoms with Crippen molar-refractivity contribution in [2.45, 2.75) is 357 Å². The Bertz CT molecular complexity index is 4320. The summed E-state index contributed by atoms with van der Waals surface area (Å²) in [6.45, 7) is 38.7. The molecule has 11 aliphatic rings. The highest BCUT2D eigenvalue weighted by Crippen LogP contribution is 2.54. The zero-order valence-corrected chi connectivity index (χ0v) is 81.9. The largest absolute Gasteiger partial charge is 0.498 e. The van der Waals surface area contributed by atoms with Crippen LogP contribution in [0.1, 0.15) is 260 Å². The van der Waals surface area contributed by atoms with Crippen molar-refractivity contribution in [1.29, 1.82) is 0 Å². The Morgan fingerprint density at radius 1 is 0.516 bits per heavy atom. The van der Waals surface area contributed by atoms with E-state index in [1.54, 1.807) is 17.4 Å². The van der Waals surface area contributed by atoms with Crippen LogP contribution in [0.15, 0.2) is 174 Å². The maximum Gasteiger partial charge on any atom is 0.410 e. The molecule has 4 aromatic carbocycles. The van der Waals surface area contributed by atoms with Crippen LogP contribution in [0.4, 0.5) is 4.79 Å². The van der Waals surface area contributed by atoms with Crippen LogP contribution in [0.25, 0.3) is 25.7 Å². The third-order valence-electron chi connectivity index (χ3n) is 25.1. The summed E-state index contributed by atoms with van der Waals surface area (Å²) in [5, 5.41) is 18.6. The van der Waals surface area contributed by atoms with Crippen molar-refractivity contribution in [3.63, 3.8) is 0 Å². The van der Waals surface area contributed by atoms with Crippen LogP contribution >= 0.6 is 22.6 Å². The molecule has 8 aliphatic heterocycles. The minimum Gasteiger partial charge on any atom is -0.498 e. The van der Waals surface area contributed by atoms with E-state index in [1.807, 2.05) is 205 Å². The summed E-state index contributed by atoms with van der Waals surface area (Å²) in [4.78, 5) is 46.6. The number of carbonyl (C=O) groups excluding carboxylic acids is 3. The third kappa shape index (κ3) is 36.7. The van der Waals surface area contributed by atoms with Gasteiger partial charge in [0.1, 0.15) is 53.0 Å². The smallest absolute Gasteiger partial charge is 0.410 e. The molecular formula is C99H144IN11O15S2. The van der Waals surface area contributed by atoms with Crippen LogP contribution in [0.3, 0.4) is 0 Å². The number of cyclic esters (lactones) is 2. The number of alkyl halides is 1. The highest BCUT2D eigenvalue weighted by Gasteiger charge is 2.50. The van der Waals surface area contributed by atoms with E-state index in [9.17, 15) is 22.8 Å². The molecule has 3 aliphatic carbocycles. The molecule has 18 atom stereocenters. The summed E-state index contributed by atoms with van der Waals surface area (Å²) in [5.41, 5.74) is 23.0. The molecule has 0 aromatic heterocycles. The fourth-order valence-electron chi connectivity index (χ4n) is 15.8. The normalized spacial score (nSPS) is 28.2. The molecule has 1 N–H and O–H groups in total. The number of hydrogen-bond donors (Lipinski definition) is 1. The molecule has 4 aromatic rings. The molecular weight excluding hydrogens is 1770 g/mol. The monoisotopic (exact) mass is 1920 g/mol. The van der Waals surface area contributed by atoms with Crippen molar-refractivity contribution in [2.75, 3.05) is 19.6 Å². The highest BCUT2D eigenvalue weighted by atomic mass is 127. The lowest BCUT2D eigenvalue weighted by atomic mass is 9.91. The van der Waals surface area contributed by atoms with E-state index in [4.69, 9.17) is 65.5 Å². The molecule has 5 saturated heterocycles. The van der Waals surface area contributed by atoms with Crippen LogP contribution in [0.2, 0.25) is 0 Å². The van der Waals surface area contributed by atoms with Crippen molar-refractivity contribution in [3.05, 3.63) is 213 Å². The van der Waals surface area contributed by atoms with E-state index in [0.717, 1.165) is 103 Å². The number of allylic oxidation sites excluding steroid dienone is 3. The van der Waals surface area contributed by atoms with Crippen molar-refractivity contribution in [2.24, 2.45) is 43.5 Å². The van der Waals surface area contributed by atoms with Crippen LogP contribution in [-0.2, 0) is 100 Å². The predicted molar refractivity (Wildman–Crippen MR) is 513 cm³/mol. The number of esters is 2. The van der Waals surface area contributed by atoms with Gasteiger partial charge < -0.3 is 52.7 Å². The maximum atomic E-state index is 13.0. The SMILES string of the molecule is CC1(C2CCC=CO2)CC1.CC1CCC(C2(C)CC2)OC1=O.CC1CCC(CN(Cc2ccccc2)S(=O)C(C)(C)C)OC1=O.CC1OC(C2(C)CC2)CCC1I.CC1OC(CN(Cc2ccccc2)C(=O)OCc2ccccc2)CCC1N=[N+]=[N-].CC1OC(CN(Cc2ccccc2)S(=O)C(C)(C)C)CCC1N=[N+]=[N-].ON=CC1CCC=CO1.[C-]#[N+]C1CCC=CO1. The molecule has 26 nitrogen and oxygen atoms in total. The standard InChI is InChI=1S/C22H26N4O3.C18H28N4O2S.C18H27NO3S.C10H17IO.C10H16O2.C9H14O.C6H9NO2.C6H7NO/c1-17-21(24-25-23)13-12-20(29-17)15-26(14-18-8-4-2-5-9-18)22(27)28-16-19-10-6-3-7-11-19;1-14-17(20-21-19)11-10-16(24-14)13-22(25(23)18(2,3)4)12-15-8-6-5-7-9-15;1-14-10-11-16(22-17(14)20)13-19(23(21)18(2,3)4)12-15-8-6-5-7-9-15;1-7-8(11)3-4-9(12-7)10(2)5-6-10;1-7-3-4-8(12-9(7)11)10(2)5-6-10;1-9(5-6-9)8-4-2-3-7-10-8;8-7-5-6-3-1-2-4-9-6;1-7-6-4-2-3-5-8-6/h2-11,17,20-21H,12-16H2,1H3;5-9,14,16-17H,10-13H2,1-4H3;5-9,14,16H,10-13H2,1-4H3;7-9H,3-6H2,1-2H3;7-8H,3-6H2,1-2H3;3,7-8H,2,4-6H2,1H3;2,4-6,8H,1,3H2;3,5-6H,2,4H2. The molecule has 0 spiro atoms. The van der Waals surface area contributed by atoms with E-state index in [0.29, 0.717) is 73.8 Å². The number of rotatable bonds is 22. The van der Waals surface area contributed by atoms with Crippen LogP contribution in [0.5, 0.6) is 0 Å². The molecule has 0 bridgehead atoms. The van der Waals surface area contributed by atoms with Crippen molar-refractivity contribution >= 4 is 68.8 Å². The Hall–Kier alpha value is -7.88. The zero-order valence-electron chi connectivity index (χ0n) is 78.1. The molecule has 29 heteroatoms. The van der Waals surface area contributed by atoms with Gasteiger partial charge in [0.15, 0.2) is 0 Å². The zero-order chi connectivity index (χ0) is 92.9. The van der Waals surface area contributed by atoms with Crippen molar-refractivity contribution in [1.82, 2.24) is 13.5 Å². The summed E-state index contributed by atoms with van der Waals surface area (Å²) in [6, 6.07) is 39.2. The number of oxime groups is 1. The maximum absolute atomic E-state index is 13.0. The first-order valence-corrected chi connectivity index (χ1v) is 49.6. The lowest BCUT2D eigenvalue weighted by molar-refractivity contribution is -0.164. The summed E-state index contributed by atoms with van der Waals surface area (Å²) in [7, 11) is -2.28. The van der Waals surface area contributed by atoms with Gasteiger partial charge in [0.05, 0.1) is 108 Å². The number of hydrogen-bond acceptors (Lipinski definition) is 18. The highest BCUT2D eigenvalue weighted by molar-refractivity contribution is 14.1. The quantitative estimate of drug-likeness (QED) is 0.00653. The molecule has 15 rings (SSSR count). The molecule has 0 radical (unpaired) electrons. The molecule has 704 valence electrons. The van der Waals surface area contributed by atoms with Crippen molar-refractivity contribution < 1.29 is 70.6 Å². The summed E-state index contributed by atoms with van der Waals surface area (Å²) in [5.74, 6) is -0.0210. The molecule has 128 heavy (non-hydrogen) atoms. The number of halogens is 1. The lowest BCUT2D eigenvalue weighted by Gasteiger charge is -2.36. The van der Waals surface area contributed by atoms with Gasteiger partial charge >= 0.3 is 24.3 Å². The van der Waals surface area contributed by atoms with Gasteiger partial charge in [-0.3, -0.25) is 14.4 Å². The van der Waals surface area contributed by atoms with E-state index in [2.05, 4.69) is 98.5 Å². The second-order valence-electron chi connectivity index (χ2n) is 38.3. The van der Waals surface area contributed by atoms with Crippen LogP contribution in [-0.4, -0.2) is 164 Å². The molecule has 8 heterocycles. The lowest BCUT2D eigenvalue weighted by Crippen LogP contribution is -2.45. The van der Waals surface area contributed by atoms with Gasteiger partial charge in [0.25, 0.3) is 0 Å². The third-order valence-corrected chi connectivity index (χ3v) is 30.3. The van der Waals surface area contributed by atoms with Gasteiger partial charge in [-0.05, 0) is 254 Å². The molecule has 1 amide bonds. The fraction of sp³-hybridized carbons (Fsp3) is 0.646. The second kappa shape index (κ2) is 53.0. The summed E-state index contributed by atoms with van der Waals surface area (Å²) >= 11 is 2.52. The van der Waals surface area contributed by atoms with Gasteiger partial charge in [-0.15, -0.1) is 0 Å². The minimum absolute atomic E-state index is 0.00449.